The van der Waals surface area contributed by atoms with Crippen LogP contribution in [0.2, 0.25) is 0 Å². The predicted octanol–water partition coefficient (Wildman–Crippen LogP) is 1.54. The van der Waals surface area contributed by atoms with Crippen LogP contribution in [0, 0.1) is 11.3 Å². The van der Waals surface area contributed by atoms with E-state index in [9.17, 15) is 5.26 Å². The minimum absolute atomic E-state index is 0.208. The molecule has 0 bridgehead atoms. The molecule has 2 aromatic rings. The topological polar surface area (TPSA) is 96.7 Å². The number of ether oxygens (including phenoxy) is 3. The zero-order valence-corrected chi connectivity index (χ0v) is 17.0. The molecule has 2 unspecified atom stereocenters. The quantitative estimate of drug-likeness (QED) is 0.782. The van der Waals surface area contributed by atoms with E-state index in [2.05, 4.69) is 33.9 Å². The summed E-state index contributed by atoms with van der Waals surface area (Å²) in [7, 11) is 1.61. The standard InChI is InChI=1S/C23H24N4O3/c1-28-19-9-15(13-24)8-18(10-19)16-2-3-17-12-21(27-4-6-29-7-5-27)23(20(17)11-16)14-30-22(25)26-23/h2-3,8-11,21H,4-7,12,14H2,1H3,(H2,25,26)/p+1. The maximum Gasteiger partial charge on any atom is 0.283 e. The van der Waals surface area contributed by atoms with Crippen molar-refractivity contribution in [1.82, 2.24) is 4.90 Å². The van der Waals surface area contributed by atoms with Crippen LogP contribution in [0.1, 0.15) is 16.7 Å². The molecule has 7 nitrogen and oxygen atoms in total. The molecule has 1 fully saturated rings. The summed E-state index contributed by atoms with van der Waals surface area (Å²) < 4.78 is 15.6. The number of morpholine rings is 1. The van der Waals surface area contributed by atoms with Gasteiger partial charge in [0.15, 0.2) is 13.2 Å². The second kappa shape index (κ2) is 7.31. The van der Waals surface area contributed by atoms with Gasteiger partial charge < -0.3 is 19.9 Å². The number of methoxy groups -OCH3 is 1. The molecule has 1 saturated heterocycles. The minimum Gasteiger partial charge on any atom is -0.497 e. The van der Waals surface area contributed by atoms with Crippen LogP contribution in [-0.4, -0.2) is 61.7 Å². The first kappa shape index (κ1) is 18.9. The lowest BCUT2D eigenvalue weighted by atomic mass is 9.87. The van der Waals surface area contributed by atoms with Crippen LogP contribution in [0.25, 0.3) is 11.1 Å². The van der Waals surface area contributed by atoms with Crippen molar-refractivity contribution in [3.05, 3.63) is 53.1 Å². The third-order valence-corrected chi connectivity index (χ3v) is 6.43. The van der Waals surface area contributed by atoms with Crippen molar-refractivity contribution in [2.75, 3.05) is 40.0 Å². The highest BCUT2D eigenvalue weighted by Gasteiger charge is 2.53. The average Bonchev–Trinajstić information content (AvgIpc) is 3.34. The van der Waals surface area contributed by atoms with E-state index in [1.165, 1.54) is 5.56 Å². The highest BCUT2D eigenvalue weighted by molar-refractivity contribution is 5.76. The molecule has 0 saturated carbocycles. The molecule has 2 heterocycles. The molecule has 7 heteroatoms. The summed E-state index contributed by atoms with van der Waals surface area (Å²) in [5, 5.41) is 9.39. The molecule has 0 radical (unpaired) electrons. The second-order valence-electron chi connectivity index (χ2n) is 8.02. The van der Waals surface area contributed by atoms with Gasteiger partial charge in [-0.15, -0.1) is 0 Å². The molecule has 30 heavy (non-hydrogen) atoms. The van der Waals surface area contributed by atoms with Gasteiger partial charge in [0.25, 0.3) is 6.02 Å². The number of fused-ring (bicyclic) bond motifs is 2. The summed E-state index contributed by atoms with van der Waals surface area (Å²) in [5.41, 5.74) is 10.5. The van der Waals surface area contributed by atoms with E-state index < -0.39 is 5.54 Å². The van der Waals surface area contributed by atoms with Crippen molar-refractivity contribution >= 4 is 6.02 Å². The Morgan fingerprint density at radius 1 is 1.23 bits per heavy atom. The van der Waals surface area contributed by atoms with Crippen LogP contribution in [0.4, 0.5) is 0 Å². The Morgan fingerprint density at radius 3 is 2.77 bits per heavy atom. The zero-order valence-electron chi connectivity index (χ0n) is 17.0. The molecule has 1 spiro atoms. The number of nitrogens with zero attached hydrogens (tertiary/aromatic N) is 3. The smallest absolute Gasteiger partial charge is 0.283 e. The van der Waals surface area contributed by atoms with Gasteiger partial charge >= 0.3 is 0 Å². The molecule has 2 aliphatic heterocycles. The van der Waals surface area contributed by atoms with Crippen molar-refractivity contribution in [1.29, 1.82) is 5.26 Å². The monoisotopic (exact) mass is 405 g/mol. The highest BCUT2D eigenvalue weighted by Crippen LogP contribution is 2.46. The van der Waals surface area contributed by atoms with E-state index in [1.54, 1.807) is 13.2 Å². The van der Waals surface area contributed by atoms with Crippen molar-refractivity contribution in [3.63, 3.8) is 0 Å². The molecule has 0 aromatic heterocycles. The Balaban J connectivity index is 1.60. The summed E-state index contributed by atoms with van der Waals surface area (Å²) in [6.07, 6.45) is 0.914. The van der Waals surface area contributed by atoms with Crippen molar-refractivity contribution < 1.29 is 14.2 Å². The molecule has 5 rings (SSSR count). The molecular weight excluding hydrogens is 380 g/mol. The van der Waals surface area contributed by atoms with Crippen LogP contribution >= 0.6 is 0 Å². The Labute approximate surface area is 175 Å². The van der Waals surface area contributed by atoms with Crippen LogP contribution in [0.3, 0.4) is 0 Å². The van der Waals surface area contributed by atoms with Crippen LogP contribution in [0.5, 0.6) is 5.75 Å². The number of nitriles is 1. The van der Waals surface area contributed by atoms with E-state index in [0.717, 1.165) is 49.4 Å². The number of hydrogen-bond acceptors (Lipinski definition) is 6. The minimum atomic E-state index is -0.496. The maximum atomic E-state index is 9.39. The first-order valence-electron chi connectivity index (χ1n) is 10.2. The number of aliphatic imine (C=N–C) groups is 1. The van der Waals surface area contributed by atoms with Crippen LogP contribution in [0.15, 0.2) is 41.4 Å². The fourth-order valence-corrected chi connectivity index (χ4v) is 4.96. The zero-order chi connectivity index (χ0) is 20.7. The van der Waals surface area contributed by atoms with Gasteiger partial charge in [-0.05, 0) is 52.9 Å². The molecule has 0 amide bonds. The Kier molecular flexibility index (Phi) is 4.61. The molecular formula is C23H25N4O3+. The molecule has 154 valence electrons. The number of rotatable bonds is 3. The third kappa shape index (κ3) is 3.00. The van der Waals surface area contributed by atoms with E-state index in [1.807, 2.05) is 12.1 Å². The largest absolute Gasteiger partial charge is 0.497 e. The Bertz CT molecular complexity index is 1050. The SMILES string of the molecule is COc1cc(C#N)cc(-c2ccc3c(c2)C2(COC(N)=N2)C(N2CC[OH+]CC2)C3)c1. The van der Waals surface area contributed by atoms with E-state index in [0.29, 0.717) is 17.9 Å². The lowest BCUT2D eigenvalue weighted by Crippen LogP contribution is -2.53. The number of hydrogen-bond donors (Lipinski definition) is 1. The van der Waals surface area contributed by atoms with Crippen LogP contribution < -0.4 is 10.5 Å². The summed E-state index contributed by atoms with van der Waals surface area (Å²) in [4.78, 5) is 7.33. The number of benzene rings is 2. The average molecular weight is 405 g/mol. The first-order chi connectivity index (χ1) is 14.6. The second-order valence-corrected chi connectivity index (χ2v) is 8.02. The molecule has 2 aromatic carbocycles. The molecule has 1 aliphatic carbocycles. The van der Waals surface area contributed by atoms with Gasteiger partial charge in [-0.2, -0.15) is 5.26 Å². The lowest BCUT2D eigenvalue weighted by Gasteiger charge is -2.37. The van der Waals surface area contributed by atoms with Gasteiger partial charge in [-0.25, -0.2) is 4.99 Å². The first-order valence-corrected chi connectivity index (χ1v) is 10.2. The summed E-state index contributed by atoms with van der Waals surface area (Å²) in [5.74, 6) is 0.667. The van der Waals surface area contributed by atoms with Crippen molar-refractivity contribution in [3.8, 4) is 22.9 Å². The van der Waals surface area contributed by atoms with Crippen molar-refractivity contribution in [2.24, 2.45) is 10.7 Å². The Morgan fingerprint density at radius 2 is 2.07 bits per heavy atom. The van der Waals surface area contributed by atoms with E-state index in [-0.39, 0.29) is 12.1 Å². The number of amidine groups is 1. The molecule has 3 aliphatic rings. The molecule has 3 N–H and O–H groups in total. The van der Waals surface area contributed by atoms with Gasteiger partial charge in [0.05, 0.1) is 31.8 Å². The van der Waals surface area contributed by atoms with Crippen LogP contribution in [-0.2, 0) is 16.7 Å². The number of nitrogens with two attached hydrogens (primary N) is 1. The normalized spacial score (nSPS) is 25.5. The maximum absolute atomic E-state index is 9.39. The highest BCUT2D eigenvalue weighted by atomic mass is 16.5. The van der Waals surface area contributed by atoms with Gasteiger partial charge in [0, 0.05) is 6.04 Å². The molecule has 2 atom stereocenters. The summed E-state index contributed by atoms with van der Waals surface area (Å²) in [6, 6.07) is 14.7. The van der Waals surface area contributed by atoms with E-state index in [4.69, 9.17) is 20.2 Å². The fourth-order valence-electron chi connectivity index (χ4n) is 4.96. The van der Waals surface area contributed by atoms with Gasteiger partial charge in [0.2, 0.25) is 0 Å². The third-order valence-electron chi connectivity index (χ3n) is 6.43. The van der Waals surface area contributed by atoms with Gasteiger partial charge in [-0.1, -0.05) is 12.1 Å². The lowest BCUT2D eigenvalue weighted by molar-refractivity contribution is -0.106. The van der Waals surface area contributed by atoms with Gasteiger partial charge in [0.1, 0.15) is 17.9 Å². The van der Waals surface area contributed by atoms with Crippen molar-refractivity contribution in [2.45, 2.75) is 18.0 Å². The Hall–Kier alpha value is -3.08. The fraction of sp³-hybridized carbons (Fsp3) is 0.391. The summed E-state index contributed by atoms with van der Waals surface area (Å²) in [6.45, 7) is 4.04. The van der Waals surface area contributed by atoms with E-state index >= 15 is 0 Å². The summed E-state index contributed by atoms with van der Waals surface area (Å²) >= 11 is 0. The number of aliphatic hydroxyl groups is 2. The van der Waals surface area contributed by atoms with Gasteiger partial charge in [-0.3, -0.25) is 4.90 Å². The predicted molar refractivity (Wildman–Crippen MR) is 113 cm³/mol.